The molecule has 0 radical (unpaired) electrons. The molecule has 1 aromatic heterocycles. The lowest BCUT2D eigenvalue weighted by molar-refractivity contribution is 0.0696. The van der Waals surface area contributed by atoms with E-state index in [0.29, 0.717) is 11.4 Å². The third kappa shape index (κ3) is 5.96. The highest BCUT2D eigenvalue weighted by Crippen LogP contribution is 2.12. The SMILES string of the molecule is CCc1cc(C(=O)O)cc(NCCCCCSC)n1. The van der Waals surface area contributed by atoms with Gasteiger partial charge in [0.25, 0.3) is 0 Å². The van der Waals surface area contributed by atoms with E-state index in [2.05, 4.69) is 16.6 Å². The van der Waals surface area contributed by atoms with E-state index >= 15 is 0 Å². The maximum atomic E-state index is 11.0. The van der Waals surface area contributed by atoms with Crippen LogP contribution in [0.3, 0.4) is 0 Å². The van der Waals surface area contributed by atoms with Crippen LogP contribution in [0.1, 0.15) is 42.2 Å². The van der Waals surface area contributed by atoms with E-state index < -0.39 is 5.97 Å². The third-order valence-electron chi connectivity index (χ3n) is 2.82. The van der Waals surface area contributed by atoms with Crippen LogP contribution < -0.4 is 5.32 Å². The normalized spacial score (nSPS) is 10.4. The lowest BCUT2D eigenvalue weighted by Crippen LogP contribution is -2.07. The number of aromatic carboxylic acids is 1. The Kier molecular flexibility index (Phi) is 7.33. The monoisotopic (exact) mass is 282 g/mol. The lowest BCUT2D eigenvalue weighted by Gasteiger charge is -2.08. The van der Waals surface area contributed by atoms with E-state index in [0.717, 1.165) is 25.1 Å². The largest absolute Gasteiger partial charge is 0.478 e. The Labute approximate surface area is 119 Å². The van der Waals surface area contributed by atoms with Gasteiger partial charge in [-0.25, -0.2) is 9.78 Å². The Hall–Kier alpha value is -1.23. The number of pyridine rings is 1. The minimum absolute atomic E-state index is 0.303. The number of anilines is 1. The Balaban J connectivity index is 2.48. The van der Waals surface area contributed by atoms with Crippen molar-refractivity contribution in [2.75, 3.05) is 23.9 Å². The van der Waals surface area contributed by atoms with Crippen molar-refractivity contribution in [1.29, 1.82) is 0 Å². The molecule has 1 rings (SSSR count). The van der Waals surface area contributed by atoms with Crippen LogP contribution in [0.4, 0.5) is 5.82 Å². The topological polar surface area (TPSA) is 62.2 Å². The van der Waals surface area contributed by atoms with Crippen LogP contribution in [0.2, 0.25) is 0 Å². The average molecular weight is 282 g/mol. The maximum Gasteiger partial charge on any atom is 0.335 e. The molecule has 19 heavy (non-hydrogen) atoms. The number of rotatable bonds is 9. The number of carboxylic acid groups (broad SMARTS) is 1. The molecule has 2 N–H and O–H groups in total. The summed E-state index contributed by atoms with van der Waals surface area (Å²) in [7, 11) is 0. The van der Waals surface area contributed by atoms with Gasteiger partial charge in [0.05, 0.1) is 5.56 Å². The van der Waals surface area contributed by atoms with Crippen LogP contribution in [0.5, 0.6) is 0 Å². The van der Waals surface area contributed by atoms with E-state index in [9.17, 15) is 4.79 Å². The van der Waals surface area contributed by atoms with Crippen molar-refractivity contribution in [3.8, 4) is 0 Å². The summed E-state index contributed by atoms with van der Waals surface area (Å²) in [6.07, 6.45) is 6.36. The zero-order valence-electron chi connectivity index (χ0n) is 11.6. The molecule has 0 atom stereocenters. The summed E-state index contributed by atoms with van der Waals surface area (Å²) in [6.45, 7) is 2.81. The third-order valence-corrected chi connectivity index (χ3v) is 3.52. The Morgan fingerprint density at radius 1 is 1.37 bits per heavy atom. The number of hydrogen-bond acceptors (Lipinski definition) is 4. The van der Waals surface area contributed by atoms with Gasteiger partial charge in [-0.1, -0.05) is 13.3 Å². The van der Waals surface area contributed by atoms with Crippen LogP contribution in [-0.2, 0) is 6.42 Å². The van der Waals surface area contributed by atoms with Gasteiger partial charge in [0.2, 0.25) is 0 Å². The van der Waals surface area contributed by atoms with Gasteiger partial charge in [-0.05, 0) is 43.4 Å². The first-order valence-electron chi connectivity index (χ1n) is 6.64. The molecular weight excluding hydrogens is 260 g/mol. The van der Waals surface area contributed by atoms with Gasteiger partial charge < -0.3 is 10.4 Å². The highest BCUT2D eigenvalue weighted by Gasteiger charge is 2.07. The summed E-state index contributed by atoms with van der Waals surface area (Å²) in [5.41, 5.74) is 1.11. The molecule has 0 fully saturated rings. The number of carboxylic acids is 1. The fraction of sp³-hybridized carbons (Fsp3) is 0.571. The van der Waals surface area contributed by atoms with Crippen LogP contribution in [0, 0.1) is 0 Å². The molecule has 1 heterocycles. The lowest BCUT2D eigenvalue weighted by atomic mass is 10.2. The maximum absolute atomic E-state index is 11.0. The Morgan fingerprint density at radius 3 is 2.79 bits per heavy atom. The van der Waals surface area contributed by atoms with E-state index in [-0.39, 0.29) is 0 Å². The molecule has 1 aromatic rings. The van der Waals surface area contributed by atoms with Crippen molar-refractivity contribution >= 4 is 23.5 Å². The first-order valence-corrected chi connectivity index (χ1v) is 8.03. The molecule has 0 saturated carbocycles. The first kappa shape index (κ1) is 15.8. The molecule has 106 valence electrons. The second-order valence-electron chi connectivity index (χ2n) is 4.37. The molecule has 0 aromatic carbocycles. The van der Waals surface area contributed by atoms with Gasteiger partial charge in [0, 0.05) is 12.2 Å². The van der Waals surface area contributed by atoms with Crippen molar-refractivity contribution in [3.63, 3.8) is 0 Å². The van der Waals surface area contributed by atoms with Gasteiger partial charge in [-0.15, -0.1) is 0 Å². The van der Waals surface area contributed by atoms with Crippen LogP contribution in [-0.4, -0.2) is 34.6 Å². The number of thioether (sulfide) groups is 1. The van der Waals surface area contributed by atoms with E-state index in [1.54, 1.807) is 12.1 Å². The number of aryl methyl sites for hydroxylation is 1. The number of nitrogens with zero attached hydrogens (tertiary/aromatic N) is 1. The van der Waals surface area contributed by atoms with E-state index in [4.69, 9.17) is 5.11 Å². The Bertz CT molecular complexity index is 410. The highest BCUT2D eigenvalue weighted by molar-refractivity contribution is 7.98. The summed E-state index contributed by atoms with van der Waals surface area (Å²) in [5, 5.41) is 12.3. The van der Waals surface area contributed by atoms with Crippen molar-refractivity contribution < 1.29 is 9.90 Å². The average Bonchev–Trinajstić information content (AvgIpc) is 2.42. The molecule has 0 aliphatic rings. The highest BCUT2D eigenvalue weighted by atomic mass is 32.2. The molecule has 0 aliphatic carbocycles. The number of aromatic nitrogens is 1. The van der Waals surface area contributed by atoms with Gasteiger partial charge in [-0.3, -0.25) is 0 Å². The number of unbranched alkanes of at least 4 members (excludes halogenated alkanes) is 2. The second kappa shape index (κ2) is 8.80. The molecule has 0 aliphatic heterocycles. The molecule has 0 bridgehead atoms. The minimum Gasteiger partial charge on any atom is -0.478 e. The van der Waals surface area contributed by atoms with Gasteiger partial charge in [0.1, 0.15) is 5.82 Å². The van der Waals surface area contributed by atoms with Crippen molar-refractivity contribution in [1.82, 2.24) is 4.98 Å². The van der Waals surface area contributed by atoms with Crippen LogP contribution in [0.15, 0.2) is 12.1 Å². The zero-order valence-corrected chi connectivity index (χ0v) is 12.4. The fourth-order valence-corrected chi connectivity index (χ4v) is 2.24. The van der Waals surface area contributed by atoms with Crippen molar-refractivity contribution in [2.24, 2.45) is 0 Å². The summed E-state index contributed by atoms with van der Waals surface area (Å²) in [6, 6.07) is 3.23. The summed E-state index contributed by atoms with van der Waals surface area (Å²) in [5.74, 6) is 0.967. The fourth-order valence-electron chi connectivity index (χ4n) is 1.75. The molecular formula is C14H22N2O2S. The summed E-state index contributed by atoms with van der Waals surface area (Å²) in [4.78, 5) is 15.4. The summed E-state index contributed by atoms with van der Waals surface area (Å²) >= 11 is 1.87. The molecule has 0 amide bonds. The smallest absolute Gasteiger partial charge is 0.335 e. The van der Waals surface area contributed by atoms with Crippen LogP contribution in [0.25, 0.3) is 0 Å². The quantitative estimate of drug-likeness (QED) is 0.681. The number of nitrogens with one attached hydrogen (secondary N) is 1. The number of carbonyl (C=O) groups is 1. The molecule has 5 heteroatoms. The molecule has 0 unspecified atom stereocenters. The predicted octanol–water partition coefficient (Wildman–Crippen LogP) is 3.29. The zero-order chi connectivity index (χ0) is 14.1. The van der Waals surface area contributed by atoms with Gasteiger partial charge in [-0.2, -0.15) is 11.8 Å². The predicted molar refractivity (Wildman–Crippen MR) is 81.3 cm³/mol. The van der Waals surface area contributed by atoms with Gasteiger partial charge in [0.15, 0.2) is 0 Å². The van der Waals surface area contributed by atoms with E-state index in [1.807, 2.05) is 18.7 Å². The first-order chi connectivity index (χ1) is 9.17. The van der Waals surface area contributed by atoms with Crippen LogP contribution >= 0.6 is 11.8 Å². The van der Waals surface area contributed by atoms with Crippen molar-refractivity contribution in [3.05, 3.63) is 23.4 Å². The molecule has 0 spiro atoms. The standard InChI is InChI=1S/C14H22N2O2S/c1-3-12-9-11(14(17)18)10-13(16-12)15-7-5-4-6-8-19-2/h9-10H,3-8H2,1-2H3,(H,15,16)(H,17,18). The minimum atomic E-state index is -0.903. The number of hydrogen-bond donors (Lipinski definition) is 2. The molecule has 4 nitrogen and oxygen atoms in total. The molecule has 0 saturated heterocycles. The summed E-state index contributed by atoms with van der Waals surface area (Å²) < 4.78 is 0. The Morgan fingerprint density at radius 2 is 2.16 bits per heavy atom. The van der Waals surface area contributed by atoms with Crippen molar-refractivity contribution in [2.45, 2.75) is 32.6 Å². The van der Waals surface area contributed by atoms with E-state index in [1.165, 1.54) is 18.6 Å². The van der Waals surface area contributed by atoms with Gasteiger partial charge >= 0.3 is 5.97 Å². The second-order valence-corrected chi connectivity index (χ2v) is 5.36.